The summed E-state index contributed by atoms with van der Waals surface area (Å²) in [6.07, 6.45) is 0. The first kappa shape index (κ1) is 7.49. The Morgan fingerprint density at radius 3 is 2.25 bits per heavy atom. The second-order valence-electron chi connectivity index (χ2n) is 1.65. The van der Waals surface area contributed by atoms with Gasteiger partial charge >= 0.3 is 0 Å². The Labute approximate surface area is 54.0 Å². The molecule has 0 fully saturated rings. The Morgan fingerprint density at radius 1 is 1.62 bits per heavy atom. The number of nitrogens with two attached hydrogens (primary N) is 1. The monoisotopic (exact) mass is 131 g/mol. The van der Waals surface area contributed by atoms with Gasteiger partial charge in [-0.3, -0.25) is 0 Å². The zero-order valence-electron chi connectivity index (χ0n) is 4.96. The Kier molecular flexibility index (Phi) is 3.26. The van der Waals surface area contributed by atoms with E-state index >= 15 is 0 Å². The first-order valence-electron chi connectivity index (χ1n) is 2.33. The van der Waals surface area contributed by atoms with Gasteiger partial charge in [-0.15, -0.1) is 5.11 Å². The lowest BCUT2D eigenvalue weighted by Gasteiger charge is -1.89. The second-order valence-corrected chi connectivity index (χ2v) is 2.07. The summed E-state index contributed by atoms with van der Waals surface area (Å²) in [5, 5.41) is 7.24. The van der Waals surface area contributed by atoms with Gasteiger partial charge in [-0.05, 0) is 26.1 Å². The van der Waals surface area contributed by atoms with Gasteiger partial charge in [-0.2, -0.15) is 5.11 Å². The molecule has 0 saturated carbocycles. The van der Waals surface area contributed by atoms with Crippen LogP contribution in [-0.4, -0.2) is 11.2 Å². The lowest BCUT2D eigenvalue weighted by molar-refractivity contribution is 0.785. The highest BCUT2D eigenvalue weighted by Gasteiger charge is 1.84. The molecule has 0 atom stereocenters. The van der Waals surface area contributed by atoms with Gasteiger partial charge in [0.25, 0.3) is 0 Å². The maximum absolute atomic E-state index is 5.01. The predicted molar refractivity (Wildman–Crippen MR) is 36.8 cm³/mol. The summed E-state index contributed by atoms with van der Waals surface area (Å²) in [4.78, 5) is 0. The molecule has 2 N–H and O–H groups in total. The lowest BCUT2D eigenvalue weighted by atomic mass is 10.4. The predicted octanol–water partition coefficient (Wildman–Crippen LogP) is 1.09. The van der Waals surface area contributed by atoms with Gasteiger partial charge in [0.1, 0.15) is 0 Å². The maximum Gasteiger partial charge on any atom is 0.210 e. The molecule has 0 spiro atoms. The topological polar surface area (TPSA) is 50.7 Å². The first-order valence-corrected chi connectivity index (χ1v) is 2.74. The van der Waals surface area contributed by atoms with Gasteiger partial charge in [0, 0.05) is 0 Å². The Morgan fingerprint density at radius 2 is 2.12 bits per heavy atom. The van der Waals surface area contributed by atoms with Crippen LogP contribution < -0.4 is 5.73 Å². The fourth-order valence-electron chi connectivity index (χ4n) is 0.172. The molecule has 0 aliphatic rings. The summed E-state index contributed by atoms with van der Waals surface area (Å²) in [7, 11) is 0. The molecule has 0 radical (unpaired) electrons. The minimum Gasteiger partial charge on any atom is -0.373 e. The van der Waals surface area contributed by atoms with Gasteiger partial charge in [0.05, 0.1) is 6.04 Å². The Balaban J connectivity index is 3.50. The SMILES string of the molecule is CC(C)N=NC(N)=S. The van der Waals surface area contributed by atoms with E-state index in [2.05, 4.69) is 22.4 Å². The van der Waals surface area contributed by atoms with Crippen LogP contribution in [0.15, 0.2) is 10.2 Å². The third-order valence-corrected chi connectivity index (χ3v) is 0.469. The van der Waals surface area contributed by atoms with Crippen molar-refractivity contribution in [1.82, 2.24) is 0 Å². The number of thiocarbonyl (C=S) groups is 1. The van der Waals surface area contributed by atoms with E-state index in [1.807, 2.05) is 13.8 Å². The standard InChI is InChI=1S/C4H9N3S/c1-3(2)6-7-4(5)8/h3H,1-2H3,(H2,5,8). The lowest BCUT2D eigenvalue weighted by Crippen LogP contribution is -2.03. The van der Waals surface area contributed by atoms with E-state index in [9.17, 15) is 0 Å². The molecule has 0 heterocycles. The van der Waals surface area contributed by atoms with Crippen molar-refractivity contribution in [2.24, 2.45) is 16.0 Å². The van der Waals surface area contributed by atoms with Crippen LogP contribution in [0.25, 0.3) is 0 Å². The van der Waals surface area contributed by atoms with Gasteiger partial charge in [-0.25, -0.2) is 0 Å². The zero-order chi connectivity index (χ0) is 6.57. The van der Waals surface area contributed by atoms with Crippen molar-refractivity contribution in [3.63, 3.8) is 0 Å². The van der Waals surface area contributed by atoms with Gasteiger partial charge in [0.2, 0.25) is 5.11 Å². The molecule has 0 aliphatic carbocycles. The highest BCUT2D eigenvalue weighted by Crippen LogP contribution is 1.85. The van der Waals surface area contributed by atoms with Crippen LogP contribution >= 0.6 is 12.2 Å². The molecule has 0 unspecified atom stereocenters. The van der Waals surface area contributed by atoms with Crippen LogP contribution in [0.4, 0.5) is 0 Å². The number of nitrogens with zero attached hydrogens (tertiary/aromatic N) is 2. The van der Waals surface area contributed by atoms with E-state index in [-0.39, 0.29) is 11.2 Å². The maximum atomic E-state index is 5.01. The van der Waals surface area contributed by atoms with Crippen LogP contribution in [0.3, 0.4) is 0 Å². The summed E-state index contributed by atoms with van der Waals surface area (Å²) < 4.78 is 0. The summed E-state index contributed by atoms with van der Waals surface area (Å²) in [6.45, 7) is 3.81. The van der Waals surface area contributed by atoms with Gasteiger partial charge in [-0.1, -0.05) is 0 Å². The zero-order valence-corrected chi connectivity index (χ0v) is 5.77. The van der Waals surface area contributed by atoms with Crippen molar-refractivity contribution in [3.05, 3.63) is 0 Å². The van der Waals surface area contributed by atoms with Crippen LogP contribution in [-0.2, 0) is 0 Å². The summed E-state index contributed by atoms with van der Waals surface area (Å²) in [6, 6.07) is 0.177. The third-order valence-electron chi connectivity index (χ3n) is 0.387. The first-order chi connectivity index (χ1) is 3.63. The van der Waals surface area contributed by atoms with Crippen molar-refractivity contribution in [3.8, 4) is 0 Å². The van der Waals surface area contributed by atoms with E-state index < -0.39 is 0 Å². The number of hydrogen-bond donors (Lipinski definition) is 1. The summed E-state index contributed by atoms with van der Waals surface area (Å²) >= 11 is 4.43. The minimum absolute atomic E-state index is 0.0960. The molecule has 0 aromatic rings. The van der Waals surface area contributed by atoms with Crippen molar-refractivity contribution >= 4 is 17.3 Å². The normalized spacial score (nSPS) is 10.9. The van der Waals surface area contributed by atoms with Crippen molar-refractivity contribution < 1.29 is 0 Å². The van der Waals surface area contributed by atoms with Crippen LogP contribution in [0.2, 0.25) is 0 Å². The Hall–Kier alpha value is -0.510. The van der Waals surface area contributed by atoms with Crippen LogP contribution in [0, 0.1) is 0 Å². The molecule has 4 heteroatoms. The largest absolute Gasteiger partial charge is 0.373 e. The van der Waals surface area contributed by atoms with E-state index in [0.29, 0.717) is 0 Å². The van der Waals surface area contributed by atoms with Crippen molar-refractivity contribution in [2.75, 3.05) is 0 Å². The molecule has 0 amide bonds. The average molecular weight is 131 g/mol. The quantitative estimate of drug-likeness (QED) is 0.428. The molecule has 0 bridgehead atoms. The summed E-state index contributed by atoms with van der Waals surface area (Å²) in [5.74, 6) is 0. The van der Waals surface area contributed by atoms with Crippen LogP contribution in [0.1, 0.15) is 13.8 Å². The van der Waals surface area contributed by atoms with Gasteiger partial charge in [0.15, 0.2) is 0 Å². The smallest absolute Gasteiger partial charge is 0.210 e. The number of hydrogen-bond acceptors (Lipinski definition) is 2. The van der Waals surface area contributed by atoms with E-state index in [4.69, 9.17) is 5.73 Å². The summed E-state index contributed by atoms with van der Waals surface area (Å²) in [5.41, 5.74) is 5.01. The fraction of sp³-hybridized carbons (Fsp3) is 0.750. The highest BCUT2D eigenvalue weighted by molar-refractivity contribution is 7.80. The fourth-order valence-corrected chi connectivity index (χ4v) is 0.220. The molecule has 0 aromatic carbocycles. The number of rotatable bonds is 1. The van der Waals surface area contributed by atoms with Crippen LogP contribution in [0.5, 0.6) is 0 Å². The second kappa shape index (κ2) is 3.49. The Bertz CT molecular complexity index is 108. The molecule has 46 valence electrons. The molecular formula is C4H9N3S. The van der Waals surface area contributed by atoms with E-state index in [0.717, 1.165) is 0 Å². The molecular weight excluding hydrogens is 122 g/mol. The average Bonchev–Trinajstić information content (AvgIpc) is 1.61. The molecule has 0 aliphatic heterocycles. The van der Waals surface area contributed by atoms with E-state index in [1.54, 1.807) is 0 Å². The molecule has 0 aromatic heterocycles. The third kappa shape index (κ3) is 5.49. The minimum atomic E-state index is 0.0960. The molecule has 8 heavy (non-hydrogen) atoms. The van der Waals surface area contributed by atoms with E-state index in [1.165, 1.54) is 0 Å². The molecule has 0 saturated heterocycles. The van der Waals surface area contributed by atoms with Crippen molar-refractivity contribution in [2.45, 2.75) is 19.9 Å². The molecule has 0 rings (SSSR count). The van der Waals surface area contributed by atoms with Crippen molar-refractivity contribution in [1.29, 1.82) is 0 Å². The number of azo groups is 1. The highest BCUT2D eigenvalue weighted by atomic mass is 32.1. The van der Waals surface area contributed by atoms with Gasteiger partial charge < -0.3 is 5.73 Å². The molecule has 3 nitrogen and oxygen atoms in total.